The molecule has 0 aromatic carbocycles. The Hall–Kier alpha value is -1.49. The summed E-state index contributed by atoms with van der Waals surface area (Å²) in [5, 5.41) is 3.20. The first kappa shape index (κ1) is 11.6. The second-order valence-electron chi connectivity index (χ2n) is 3.60. The van der Waals surface area contributed by atoms with Gasteiger partial charge in [-0.1, -0.05) is 6.92 Å². The normalized spacial score (nSPS) is 14.5. The first-order valence-corrected chi connectivity index (χ1v) is 4.88. The molecular formula is C10H16N4O. The van der Waals surface area contributed by atoms with Gasteiger partial charge in [0.25, 0.3) is 0 Å². The van der Waals surface area contributed by atoms with Crippen molar-refractivity contribution in [1.82, 2.24) is 15.3 Å². The molecule has 5 heteroatoms. The fourth-order valence-electron chi connectivity index (χ4n) is 1.57. The summed E-state index contributed by atoms with van der Waals surface area (Å²) in [7, 11) is 0. The number of primary amides is 1. The van der Waals surface area contributed by atoms with Gasteiger partial charge in [-0.25, -0.2) is 0 Å². The molecule has 3 N–H and O–H groups in total. The predicted octanol–water partition coefficient (Wildman–Crippen LogP) is 0.177. The Labute approximate surface area is 89.1 Å². The van der Waals surface area contributed by atoms with Gasteiger partial charge < -0.3 is 11.1 Å². The number of nitrogens with one attached hydrogen (secondary N) is 1. The average molecular weight is 208 g/mol. The fourth-order valence-corrected chi connectivity index (χ4v) is 1.57. The third-order valence-corrected chi connectivity index (χ3v) is 2.22. The highest BCUT2D eigenvalue weighted by atomic mass is 16.1. The van der Waals surface area contributed by atoms with Gasteiger partial charge >= 0.3 is 0 Å². The Morgan fingerprint density at radius 3 is 2.80 bits per heavy atom. The van der Waals surface area contributed by atoms with Crippen molar-refractivity contribution >= 4 is 5.91 Å². The first-order valence-electron chi connectivity index (χ1n) is 4.88. The number of amides is 1. The van der Waals surface area contributed by atoms with Crippen molar-refractivity contribution in [1.29, 1.82) is 0 Å². The zero-order valence-corrected chi connectivity index (χ0v) is 9.03. The fraction of sp³-hybridized carbons (Fsp3) is 0.500. The largest absolute Gasteiger partial charge is 0.370 e. The van der Waals surface area contributed by atoms with Crippen LogP contribution in [0.5, 0.6) is 0 Å². The zero-order chi connectivity index (χ0) is 11.3. The SMILES string of the molecule is CCNC(C)(CC(N)=O)c1cnccn1. The number of nitrogens with zero attached hydrogens (tertiary/aromatic N) is 2. The Kier molecular flexibility index (Phi) is 3.74. The smallest absolute Gasteiger partial charge is 0.219 e. The van der Waals surface area contributed by atoms with Gasteiger partial charge in [0, 0.05) is 12.4 Å². The Bertz CT molecular complexity index is 327. The van der Waals surface area contributed by atoms with Crippen LogP contribution in [0.15, 0.2) is 18.6 Å². The maximum Gasteiger partial charge on any atom is 0.219 e. The predicted molar refractivity (Wildman–Crippen MR) is 56.9 cm³/mol. The summed E-state index contributed by atoms with van der Waals surface area (Å²) in [6.45, 7) is 4.60. The molecule has 0 aliphatic carbocycles. The first-order chi connectivity index (χ1) is 7.08. The molecule has 0 aliphatic heterocycles. The molecule has 1 aromatic heterocycles. The van der Waals surface area contributed by atoms with E-state index in [1.165, 1.54) is 0 Å². The highest BCUT2D eigenvalue weighted by Crippen LogP contribution is 2.21. The molecule has 1 heterocycles. The molecule has 1 unspecified atom stereocenters. The van der Waals surface area contributed by atoms with Crippen LogP contribution >= 0.6 is 0 Å². The molecular weight excluding hydrogens is 192 g/mol. The molecule has 82 valence electrons. The molecule has 0 aliphatic rings. The molecule has 0 fully saturated rings. The molecule has 1 rings (SSSR count). The van der Waals surface area contributed by atoms with Crippen molar-refractivity contribution < 1.29 is 4.79 Å². The Balaban J connectivity index is 2.95. The summed E-state index contributed by atoms with van der Waals surface area (Å²) in [5.41, 5.74) is 5.41. The van der Waals surface area contributed by atoms with Crippen molar-refractivity contribution in [3.05, 3.63) is 24.3 Å². The average Bonchev–Trinajstić information content (AvgIpc) is 2.18. The highest BCUT2D eigenvalue weighted by molar-refractivity contribution is 5.75. The van der Waals surface area contributed by atoms with E-state index < -0.39 is 5.54 Å². The minimum Gasteiger partial charge on any atom is -0.370 e. The van der Waals surface area contributed by atoms with Crippen molar-refractivity contribution in [3.63, 3.8) is 0 Å². The third kappa shape index (κ3) is 2.99. The van der Waals surface area contributed by atoms with Gasteiger partial charge in [-0.2, -0.15) is 0 Å². The van der Waals surface area contributed by atoms with Crippen LogP contribution in [0.25, 0.3) is 0 Å². The lowest BCUT2D eigenvalue weighted by Gasteiger charge is -2.28. The number of aromatic nitrogens is 2. The highest BCUT2D eigenvalue weighted by Gasteiger charge is 2.29. The van der Waals surface area contributed by atoms with E-state index in [0.717, 1.165) is 12.2 Å². The van der Waals surface area contributed by atoms with Crippen LogP contribution in [0.2, 0.25) is 0 Å². The van der Waals surface area contributed by atoms with Crippen molar-refractivity contribution in [2.45, 2.75) is 25.8 Å². The van der Waals surface area contributed by atoms with E-state index in [2.05, 4.69) is 15.3 Å². The van der Waals surface area contributed by atoms with Crippen LogP contribution in [0.4, 0.5) is 0 Å². The lowest BCUT2D eigenvalue weighted by molar-refractivity contribution is -0.119. The molecule has 0 spiro atoms. The summed E-state index contributed by atoms with van der Waals surface area (Å²) in [4.78, 5) is 19.2. The topological polar surface area (TPSA) is 80.9 Å². The number of rotatable bonds is 5. The van der Waals surface area contributed by atoms with E-state index in [1.54, 1.807) is 18.6 Å². The van der Waals surface area contributed by atoms with Crippen molar-refractivity contribution in [2.24, 2.45) is 5.73 Å². The molecule has 0 saturated carbocycles. The minimum atomic E-state index is -0.533. The van der Waals surface area contributed by atoms with Crippen LogP contribution in [0.3, 0.4) is 0 Å². The van der Waals surface area contributed by atoms with Crippen LogP contribution < -0.4 is 11.1 Å². The van der Waals surface area contributed by atoms with Gasteiger partial charge in [-0.3, -0.25) is 14.8 Å². The van der Waals surface area contributed by atoms with Crippen LogP contribution in [0, 0.1) is 0 Å². The van der Waals surface area contributed by atoms with Crippen LogP contribution in [-0.2, 0) is 10.3 Å². The lowest BCUT2D eigenvalue weighted by atomic mass is 9.93. The van der Waals surface area contributed by atoms with Crippen LogP contribution in [-0.4, -0.2) is 22.4 Å². The number of carbonyl (C=O) groups is 1. The molecule has 1 amide bonds. The van der Waals surface area contributed by atoms with E-state index >= 15 is 0 Å². The second-order valence-corrected chi connectivity index (χ2v) is 3.60. The van der Waals surface area contributed by atoms with Gasteiger partial charge in [0.2, 0.25) is 5.91 Å². The Morgan fingerprint density at radius 2 is 2.33 bits per heavy atom. The summed E-state index contributed by atoms with van der Waals surface area (Å²) in [6, 6.07) is 0. The van der Waals surface area contributed by atoms with Gasteiger partial charge in [0.05, 0.1) is 23.9 Å². The van der Waals surface area contributed by atoms with E-state index in [9.17, 15) is 4.79 Å². The summed E-state index contributed by atoms with van der Waals surface area (Å²) >= 11 is 0. The van der Waals surface area contributed by atoms with E-state index in [0.29, 0.717) is 0 Å². The molecule has 15 heavy (non-hydrogen) atoms. The molecule has 0 saturated heterocycles. The van der Waals surface area contributed by atoms with E-state index in [1.807, 2.05) is 13.8 Å². The molecule has 1 atom stereocenters. The van der Waals surface area contributed by atoms with Crippen molar-refractivity contribution in [3.8, 4) is 0 Å². The third-order valence-electron chi connectivity index (χ3n) is 2.22. The van der Waals surface area contributed by atoms with E-state index in [4.69, 9.17) is 5.73 Å². The second kappa shape index (κ2) is 4.84. The van der Waals surface area contributed by atoms with Gasteiger partial charge in [0.15, 0.2) is 0 Å². The molecule has 1 aromatic rings. The maximum absolute atomic E-state index is 11.0. The summed E-state index contributed by atoms with van der Waals surface area (Å²) in [5.74, 6) is -0.357. The molecule has 0 radical (unpaired) electrons. The monoisotopic (exact) mass is 208 g/mol. The Morgan fingerprint density at radius 1 is 1.60 bits per heavy atom. The quantitative estimate of drug-likeness (QED) is 0.723. The van der Waals surface area contributed by atoms with E-state index in [-0.39, 0.29) is 12.3 Å². The number of hydrogen-bond acceptors (Lipinski definition) is 4. The summed E-state index contributed by atoms with van der Waals surface area (Å²) in [6.07, 6.45) is 5.05. The zero-order valence-electron chi connectivity index (χ0n) is 9.03. The van der Waals surface area contributed by atoms with Gasteiger partial charge in [-0.05, 0) is 13.5 Å². The standard InChI is InChI=1S/C10H16N4O/c1-3-14-10(2,6-9(11)15)8-7-12-4-5-13-8/h4-5,7,14H,3,6H2,1-2H3,(H2,11,15). The molecule has 5 nitrogen and oxygen atoms in total. The summed E-state index contributed by atoms with van der Waals surface area (Å²) < 4.78 is 0. The van der Waals surface area contributed by atoms with Crippen molar-refractivity contribution in [2.75, 3.05) is 6.54 Å². The number of hydrogen-bond donors (Lipinski definition) is 2. The maximum atomic E-state index is 11.0. The lowest BCUT2D eigenvalue weighted by Crippen LogP contribution is -2.43. The minimum absolute atomic E-state index is 0.208. The van der Waals surface area contributed by atoms with Crippen LogP contribution in [0.1, 0.15) is 26.0 Å². The van der Waals surface area contributed by atoms with Gasteiger partial charge in [-0.15, -0.1) is 0 Å². The number of carbonyl (C=O) groups excluding carboxylic acids is 1. The molecule has 0 bridgehead atoms. The number of nitrogens with two attached hydrogens (primary N) is 1. The van der Waals surface area contributed by atoms with Gasteiger partial charge in [0.1, 0.15) is 0 Å².